The Hall–Kier alpha value is -3.79. The summed E-state index contributed by atoms with van der Waals surface area (Å²) in [5.74, 6) is -1.46. The van der Waals surface area contributed by atoms with E-state index < -0.39 is 11.8 Å². The Morgan fingerprint density at radius 1 is 0.973 bits per heavy atom. The van der Waals surface area contributed by atoms with E-state index >= 15 is 0 Å². The fraction of sp³-hybridized carbons (Fsp3) is 0.0370. The van der Waals surface area contributed by atoms with Crippen LogP contribution < -0.4 is 15.5 Å². The Morgan fingerprint density at radius 3 is 2.38 bits per heavy atom. The Kier molecular flexibility index (Phi) is 6.92. The van der Waals surface area contributed by atoms with E-state index in [1.807, 2.05) is 48.7 Å². The number of hydrogen-bond donors (Lipinski definition) is 2. The first-order chi connectivity index (χ1) is 17.8. The predicted molar refractivity (Wildman–Crippen MR) is 150 cm³/mol. The third-order valence-corrected chi connectivity index (χ3v) is 7.30. The van der Waals surface area contributed by atoms with Gasteiger partial charge in [-0.2, -0.15) is 0 Å². The number of amides is 3. The van der Waals surface area contributed by atoms with Crippen LogP contribution >= 0.6 is 38.9 Å². The molecule has 3 amide bonds. The first-order valence-corrected chi connectivity index (χ1v) is 13.1. The standard InChI is InChI=1S/C27H18BrClN4O3S/c1-15-4-2-3-5-21(15)33-25(35)22(29)23(26(33)36)30-19-12-8-17(9-13-19)24(34)32-27-31-20(14-37-27)16-6-10-18(28)11-7-16/h2-14,30H,1H3,(H,31,32,34). The molecule has 37 heavy (non-hydrogen) atoms. The molecule has 2 N–H and O–H groups in total. The lowest BCUT2D eigenvalue weighted by Gasteiger charge is -2.17. The second-order valence-electron chi connectivity index (χ2n) is 8.12. The van der Waals surface area contributed by atoms with Crippen LogP contribution in [0.15, 0.2) is 93.4 Å². The third-order valence-electron chi connectivity index (χ3n) is 5.66. The van der Waals surface area contributed by atoms with Gasteiger partial charge in [0.15, 0.2) is 5.13 Å². The molecule has 4 aromatic rings. The Morgan fingerprint density at radius 2 is 1.68 bits per heavy atom. The summed E-state index contributed by atoms with van der Waals surface area (Å²) in [5.41, 5.74) is 3.86. The number of thiazole rings is 1. The van der Waals surface area contributed by atoms with Gasteiger partial charge < -0.3 is 5.32 Å². The summed E-state index contributed by atoms with van der Waals surface area (Å²) >= 11 is 11.0. The van der Waals surface area contributed by atoms with E-state index in [2.05, 4.69) is 31.5 Å². The van der Waals surface area contributed by atoms with Crippen LogP contribution in [0, 0.1) is 6.92 Å². The quantitative estimate of drug-likeness (QED) is 0.247. The molecule has 7 nitrogen and oxygen atoms in total. The van der Waals surface area contributed by atoms with E-state index in [0.717, 1.165) is 26.2 Å². The second kappa shape index (κ2) is 10.3. The highest BCUT2D eigenvalue weighted by Gasteiger charge is 2.39. The second-order valence-corrected chi connectivity index (χ2v) is 10.3. The molecule has 0 unspecified atom stereocenters. The minimum Gasteiger partial charge on any atom is -0.350 e. The van der Waals surface area contributed by atoms with Crippen molar-refractivity contribution in [1.29, 1.82) is 0 Å². The number of benzene rings is 3. The molecule has 3 aromatic carbocycles. The van der Waals surface area contributed by atoms with Crippen molar-refractivity contribution in [2.75, 3.05) is 15.5 Å². The van der Waals surface area contributed by atoms with E-state index in [0.29, 0.717) is 22.1 Å². The summed E-state index contributed by atoms with van der Waals surface area (Å²) < 4.78 is 0.976. The van der Waals surface area contributed by atoms with Gasteiger partial charge in [-0.3, -0.25) is 19.7 Å². The highest BCUT2D eigenvalue weighted by molar-refractivity contribution is 9.10. The number of nitrogens with one attached hydrogen (secondary N) is 2. The van der Waals surface area contributed by atoms with Crippen LogP contribution in [0.3, 0.4) is 0 Å². The average molecular weight is 594 g/mol. The summed E-state index contributed by atoms with van der Waals surface area (Å²) in [7, 11) is 0. The molecule has 5 rings (SSSR count). The summed E-state index contributed by atoms with van der Waals surface area (Å²) in [6.07, 6.45) is 0. The van der Waals surface area contributed by atoms with E-state index in [4.69, 9.17) is 11.6 Å². The van der Waals surface area contributed by atoms with E-state index in [-0.39, 0.29) is 16.6 Å². The first kappa shape index (κ1) is 24.9. The number of hydrogen-bond acceptors (Lipinski definition) is 6. The molecular formula is C27H18BrClN4O3S. The minimum absolute atomic E-state index is 0.0182. The number of rotatable bonds is 6. The molecule has 10 heteroatoms. The lowest BCUT2D eigenvalue weighted by Crippen LogP contribution is -2.32. The van der Waals surface area contributed by atoms with Crippen LogP contribution in [-0.2, 0) is 9.59 Å². The van der Waals surface area contributed by atoms with E-state index in [1.54, 1.807) is 36.4 Å². The highest BCUT2D eigenvalue weighted by Crippen LogP contribution is 2.32. The van der Waals surface area contributed by atoms with Gasteiger partial charge >= 0.3 is 0 Å². The van der Waals surface area contributed by atoms with Crippen molar-refractivity contribution >= 4 is 73.1 Å². The molecule has 1 aromatic heterocycles. The van der Waals surface area contributed by atoms with Gasteiger partial charge in [-0.25, -0.2) is 9.88 Å². The highest BCUT2D eigenvalue weighted by atomic mass is 79.9. The zero-order valence-electron chi connectivity index (χ0n) is 19.3. The van der Waals surface area contributed by atoms with Crippen LogP contribution in [0.25, 0.3) is 11.3 Å². The van der Waals surface area contributed by atoms with Crippen molar-refractivity contribution in [2.24, 2.45) is 0 Å². The topological polar surface area (TPSA) is 91.4 Å². The first-order valence-electron chi connectivity index (χ1n) is 11.1. The Labute approximate surface area is 229 Å². The molecule has 0 atom stereocenters. The molecule has 0 fully saturated rings. The number of halogens is 2. The smallest absolute Gasteiger partial charge is 0.283 e. The van der Waals surface area contributed by atoms with Gasteiger partial charge in [-0.1, -0.05) is 57.9 Å². The van der Waals surface area contributed by atoms with Crippen LogP contribution in [0.2, 0.25) is 0 Å². The average Bonchev–Trinajstić information content (AvgIpc) is 3.44. The van der Waals surface area contributed by atoms with Crippen molar-refractivity contribution in [1.82, 2.24) is 4.98 Å². The number of carbonyl (C=O) groups is 3. The Bertz CT molecular complexity index is 1570. The maximum Gasteiger partial charge on any atom is 0.283 e. The number of nitrogens with zero attached hydrogens (tertiary/aromatic N) is 2. The van der Waals surface area contributed by atoms with E-state index in [9.17, 15) is 14.4 Å². The number of para-hydroxylation sites is 1. The molecular weight excluding hydrogens is 576 g/mol. The van der Waals surface area contributed by atoms with Gasteiger partial charge in [0.1, 0.15) is 10.7 Å². The van der Waals surface area contributed by atoms with Crippen LogP contribution in [0.5, 0.6) is 0 Å². The molecule has 0 bridgehead atoms. The summed E-state index contributed by atoms with van der Waals surface area (Å²) in [6, 6.07) is 21.3. The molecule has 0 spiro atoms. The zero-order chi connectivity index (χ0) is 26.1. The number of aryl methyl sites for hydroxylation is 1. The molecule has 2 heterocycles. The number of anilines is 3. The van der Waals surface area contributed by atoms with Gasteiger partial charge in [0.25, 0.3) is 17.7 Å². The van der Waals surface area contributed by atoms with Crippen molar-refractivity contribution in [3.05, 3.63) is 105 Å². The molecule has 0 saturated carbocycles. The normalized spacial score (nSPS) is 13.3. The van der Waals surface area contributed by atoms with Gasteiger partial charge in [0.2, 0.25) is 0 Å². The van der Waals surface area contributed by atoms with Gasteiger partial charge in [-0.05, 0) is 55.0 Å². The summed E-state index contributed by atoms with van der Waals surface area (Å²) in [4.78, 5) is 44.0. The predicted octanol–water partition coefficient (Wildman–Crippen LogP) is 6.57. The molecule has 0 radical (unpaired) electrons. The summed E-state index contributed by atoms with van der Waals surface area (Å²) in [5, 5.41) is 7.89. The monoisotopic (exact) mass is 592 g/mol. The lowest BCUT2D eigenvalue weighted by atomic mass is 10.2. The van der Waals surface area contributed by atoms with Crippen LogP contribution in [0.1, 0.15) is 15.9 Å². The summed E-state index contributed by atoms with van der Waals surface area (Å²) in [6.45, 7) is 1.81. The number of carbonyl (C=O) groups excluding carboxylic acids is 3. The maximum atomic E-state index is 13.0. The van der Waals surface area contributed by atoms with Crippen LogP contribution in [0.4, 0.5) is 16.5 Å². The molecule has 0 aliphatic carbocycles. The fourth-order valence-electron chi connectivity index (χ4n) is 3.75. The molecule has 0 saturated heterocycles. The van der Waals surface area contributed by atoms with Gasteiger partial charge in [0.05, 0.1) is 11.4 Å². The third kappa shape index (κ3) is 5.06. The van der Waals surface area contributed by atoms with Crippen LogP contribution in [-0.4, -0.2) is 22.7 Å². The maximum absolute atomic E-state index is 13.0. The van der Waals surface area contributed by atoms with Crippen molar-refractivity contribution < 1.29 is 14.4 Å². The fourth-order valence-corrected chi connectivity index (χ4v) is 4.94. The van der Waals surface area contributed by atoms with Crippen molar-refractivity contribution in [2.45, 2.75) is 6.92 Å². The number of imide groups is 1. The minimum atomic E-state index is -0.592. The molecule has 184 valence electrons. The zero-order valence-corrected chi connectivity index (χ0v) is 22.4. The van der Waals surface area contributed by atoms with E-state index in [1.165, 1.54) is 11.3 Å². The number of aromatic nitrogens is 1. The van der Waals surface area contributed by atoms with Gasteiger partial charge in [-0.15, -0.1) is 11.3 Å². The molecule has 1 aliphatic rings. The largest absolute Gasteiger partial charge is 0.350 e. The van der Waals surface area contributed by atoms with Crippen molar-refractivity contribution in [3.63, 3.8) is 0 Å². The molecule has 1 aliphatic heterocycles. The lowest BCUT2D eigenvalue weighted by molar-refractivity contribution is -0.120. The Balaban J connectivity index is 1.26. The SMILES string of the molecule is Cc1ccccc1N1C(=O)C(Cl)=C(Nc2ccc(C(=O)Nc3nc(-c4ccc(Br)cc4)cs3)cc2)C1=O. The van der Waals surface area contributed by atoms with Gasteiger partial charge in [0, 0.05) is 26.7 Å². The van der Waals surface area contributed by atoms with Crippen molar-refractivity contribution in [3.8, 4) is 11.3 Å².